The lowest BCUT2D eigenvalue weighted by atomic mass is 10.2. The number of carbonyl (C=O) groups is 1. The van der Waals surface area contributed by atoms with Crippen LogP contribution >= 0.6 is 22.7 Å². The molecule has 3 nitrogen and oxygen atoms in total. The molecule has 2 aromatic heterocycles. The van der Waals surface area contributed by atoms with E-state index >= 15 is 0 Å². The van der Waals surface area contributed by atoms with E-state index in [0.717, 1.165) is 10.6 Å². The first-order chi connectivity index (χ1) is 10.7. The highest BCUT2D eigenvalue weighted by Crippen LogP contribution is 2.27. The van der Waals surface area contributed by atoms with Gasteiger partial charge < -0.3 is 4.90 Å². The number of carbonyl (C=O) groups excluding carboxylic acids is 1. The molecule has 0 spiro atoms. The molecule has 0 fully saturated rings. The largest absolute Gasteiger partial charge is 0.307 e. The molecule has 3 rings (SSSR count). The fourth-order valence-corrected chi connectivity index (χ4v) is 3.60. The molecule has 3 aromatic rings. The van der Waals surface area contributed by atoms with Crippen molar-refractivity contribution in [3.8, 4) is 10.6 Å². The van der Waals surface area contributed by atoms with Crippen LogP contribution in [-0.4, -0.2) is 17.4 Å². The van der Waals surface area contributed by atoms with E-state index in [1.165, 1.54) is 23.5 Å². The Hall–Kier alpha value is -2.05. The van der Waals surface area contributed by atoms with E-state index in [1.54, 1.807) is 33.7 Å². The van der Waals surface area contributed by atoms with Crippen molar-refractivity contribution in [2.24, 2.45) is 0 Å². The maximum Gasteiger partial charge on any atom is 0.277 e. The van der Waals surface area contributed by atoms with Crippen molar-refractivity contribution >= 4 is 34.3 Å². The number of thiophene rings is 1. The van der Waals surface area contributed by atoms with Gasteiger partial charge in [-0.2, -0.15) is 11.3 Å². The van der Waals surface area contributed by atoms with E-state index in [2.05, 4.69) is 4.98 Å². The van der Waals surface area contributed by atoms with Gasteiger partial charge in [-0.05, 0) is 42.6 Å². The zero-order chi connectivity index (χ0) is 15.5. The Morgan fingerprint density at radius 2 is 2.00 bits per heavy atom. The van der Waals surface area contributed by atoms with Crippen LogP contribution in [0.1, 0.15) is 17.4 Å². The van der Waals surface area contributed by atoms with E-state index in [1.807, 2.05) is 23.8 Å². The average molecular weight is 332 g/mol. The number of rotatable bonds is 4. The van der Waals surface area contributed by atoms with Crippen LogP contribution in [0.2, 0.25) is 0 Å². The summed E-state index contributed by atoms with van der Waals surface area (Å²) in [7, 11) is 0. The van der Waals surface area contributed by atoms with Crippen LogP contribution in [0.25, 0.3) is 10.6 Å². The van der Waals surface area contributed by atoms with E-state index in [9.17, 15) is 9.18 Å². The summed E-state index contributed by atoms with van der Waals surface area (Å²) in [6.07, 6.45) is 0. The maximum absolute atomic E-state index is 13.0. The monoisotopic (exact) mass is 332 g/mol. The molecule has 1 aromatic carbocycles. The molecule has 0 radical (unpaired) electrons. The lowest BCUT2D eigenvalue weighted by molar-refractivity contribution is 0.0984. The predicted octanol–water partition coefficient (Wildman–Crippen LogP) is 4.68. The third-order valence-corrected chi connectivity index (χ3v) is 4.77. The lowest BCUT2D eigenvalue weighted by Gasteiger charge is -2.19. The van der Waals surface area contributed by atoms with E-state index in [0.29, 0.717) is 17.9 Å². The summed E-state index contributed by atoms with van der Waals surface area (Å²) in [5.74, 6) is -0.493. The highest BCUT2D eigenvalue weighted by molar-refractivity contribution is 7.14. The Morgan fingerprint density at radius 1 is 1.23 bits per heavy atom. The summed E-state index contributed by atoms with van der Waals surface area (Å²) in [6.45, 7) is 2.38. The molecule has 1 amide bonds. The molecule has 0 unspecified atom stereocenters. The molecule has 0 aliphatic heterocycles. The number of amides is 1. The number of hydrogen-bond donors (Lipinski definition) is 0. The third kappa shape index (κ3) is 2.93. The molecule has 0 bridgehead atoms. The van der Waals surface area contributed by atoms with Crippen molar-refractivity contribution in [1.82, 2.24) is 4.98 Å². The molecule has 112 valence electrons. The molecule has 0 atom stereocenters. The summed E-state index contributed by atoms with van der Waals surface area (Å²) >= 11 is 3.05. The number of anilines is 1. The highest BCUT2D eigenvalue weighted by Gasteiger charge is 2.19. The Kier molecular flexibility index (Phi) is 4.31. The van der Waals surface area contributed by atoms with Crippen molar-refractivity contribution in [1.29, 1.82) is 0 Å². The van der Waals surface area contributed by atoms with Crippen molar-refractivity contribution in [3.63, 3.8) is 0 Å². The van der Waals surface area contributed by atoms with Crippen LogP contribution < -0.4 is 4.90 Å². The Morgan fingerprint density at radius 3 is 2.64 bits per heavy atom. The number of benzene rings is 1. The summed E-state index contributed by atoms with van der Waals surface area (Å²) < 4.78 is 13.0. The fraction of sp³-hybridized carbons (Fsp3) is 0.125. The number of thiazole rings is 1. The Labute approximate surface area is 135 Å². The number of nitrogens with zero attached hydrogens (tertiary/aromatic N) is 2. The third-order valence-electron chi connectivity index (χ3n) is 3.19. The van der Waals surface area contributed by atoms with Gasteiger partial charge in [0, 0.05) is 28.6 Å². The van der Waals surface area contributed by atoms with Gasteiger partial charge in [0.1, 0.15) is 16.5 Å². The van der Waals surface area contributed by atoms with Gasteiger partial charge >= 0.3 is 0 Å². The van der Waals surface area contributed by atoms with Gasteiger partial charge in [0.05, 0.1) is 0 Å². The van der Waals surface area contributed by atoms with Gasteiger partial charge in [-0.15, -0.1) is 11.3 Å². The lowest BCUT2D eigenvalue weighted by Crippen LogP contribution is -2.30. The molecule has 0 N–H and O–H groups in total. The van der Waals surface area contributed by atoms with Gasteiger partial charge in [0.25, 0.3) is 5.91 Å². The standard InChI is InChI=1S/C16H13FN2OS2/c1-2-19(13-5-3-12(17)4-6-13)16(20)14-10-22-15(18-14)11-7-8-21-9-11/h3-10H,2H2,1H3. The summed E-state index contributed by atoms with van der Waals surface area (Å²) in [5, 5.41) is 6.58. The number of hydrogen-bond acceptors (Lipinski definition) is 4. The van der Waals surface area contributed by atoms with Gasteiger partial charge in [-0.25, -0.2) is 9.37 Å². The first kappa shape index (κ1) is 14.9. The average Bonchev–Trinajstić information content (AvgIpc) is 3.20. The zero-order valence-corrected chi connectivity index (χ0v) is 13.5. The van der Waals surface area contributed by atoms with Crippen molar-refractivity contribution < 1.29 is 9.18 Å². The van der Waals surface area contributed by atoms with Gasteiger partial charge in [0.2, 0.25) is 0 Å². The molecular formula is C16H13FN2OS2. The second kappa shape index (κ2) is 6.37. The van der Waals surface area contributed by atoms with Gasteiger partial charge in [-0.1, -0.05) is 0 Å². The van der Waals surface area contributed by atoms with E-state index in [-0.39, 0.29) is 11.7 Å². The van der Waals surface area contributed by atoms with Crippen LogP contribution in [-0.2, 0) is 0 Å². The minimum absolute atomic E-state index is 0.174. The van der Waals surface area contributed by atoms with Gasteiger partial charge in [-0.3, -0.25) is 4.79 Å². The van der Waals surface area contributed by atoms with E-state index < -0.39 is 0 Å². The molecule has 2 heterocycles. The van der Waals surface area contributed by atoms with Crippen LogP contribution in [0.15, 0.2) is 46.5 Å². The smallest absolute Gasteiger partial charge is 0.277 e. The quantitative estimate of drug-likeness (QED) is 0.695. The first-order valence-electron chi connectivity index (χ1n) is 6.74. The normalized spacial score (nSPS) is 10.6. The molecule has 0 aliphatic carbocycles. The highest BCUT2D eigenvalue weighted by atomic mass is 32.1. The zero-order valence-electron chi connectivity index (χ0n) is 11.8. The first-order valence-corrected chi connectivity index (χ1v) is 8.57. The summed E-state index contributed by atoms with van der Waals surface area (Å²) in [5.41, 5.74) is 2.11. The topological polar surface area (TPSA) is 33.2 Å². The molecular weight excluding hydrogens is 319 g/mol. The van der Waals surface area contributed by atoms with Crippen molar-refractivity contribution in [2.75, 3.05) is 11.4 Å². The number of halogens is 1. The second-order valence-corrected chi connectivity index (χ2v) is 6.21. The summed E-state index contributed by atoms with van der Waals surface area (Å²) in [6, 6.07) is 7.88. The van der Waals surface area contributed by atoms with Gasteiger partial charge in [0.15, 0.2) is 0 Å². The second-order valence-electron chi connectivity index (χ2n) is 4.58. The van der Waals surface area contributed by atoms with Crippen molar-refractivity contribution in [3.05, 3.63) is 58.0 Å². The molecule has 0 saturated carbocycles. The SMILES string of the molecule is CCN(C(=O)c1csc(-c2ccsc2)n1)c1ccc(F)cc1. The molecule has 6 heteroatoms. The minimum Gasteiger partial charge on any atom is -0.307 e. The Balaban J connectivity index is 1.87. The van der Waals surface area contributed by atoms with Crippen LogP contribution in [0.5, 0.6) is 0 Å². The Bertz CT molecular complexity index is 766. The number of aromatic nitrogens is 1. The minimum atomic E-state index is -0.319. The van der Waals surface area contributed by atoms with Crippen LogP contribution in [0, 0.1) is 5.82 Å². The van der Waals surface area contributed by atoms with Crippen LogP contribution in [0.3, 0.4) is 0 Å². The molecule has 0 aliphatic rings. The maximum atomic E-state index is 13.0. The van der Waals surface area contributed by atoms with Crippen molar-refractivity contribution in [2.45, 2.75) is 6.92 Å². The summed E-state index contributed by atoms with van der Waals surface area (Å²) in [4.78, 5) is 18.6. The van der Waals surface area contributed by atoms with Crippen LogP contribution in [0.4, 0.5) is 10.1 Å². The van der Waals surface area contributed by atoms with E-state index in [4.69, 9.17) is 0 Å². The predicted molar refractivity (Wildman–Crippen MR) is 89.2 cm³/mol. The molecule has 0 saturated heterocycles. The fourth-order valence-electron chi connectivity index (χ4n) is 2.09. The molecule has 22 heavy (non-hydrogen) atoms.